The van der Waals surface area contributed by atoms with Gasteiger partial charge in [0, 0.05) is 12.6 Å². The molecule has 0 fully saturated rings. The molecule has 112 valence electrons. The van der Waals surface area contributed by atoms with Gasteiger partial charge in [0.05, 0.1) is 11.3 Å². The van der Waals surface area contributed by atoms with Crippen LogP contribution in [0.15, 0.2) is 12.1 Å². The number of benzene rings is 1. The summed E-state index contributed by atoms with van der Waals surface area (Å²) >= 11 is 0. The molecule has 3 nitrogen and oxygen atoms in total. The molecule has 0 saturated heterocycles. The molecule has 3 N–H and O–H groups in total. The quantitative estimate of drug-likeness (QED) is 0.816. The summed E-state index contributed by atoms with van der Waals surface area (Å²) in [4.78, 5) is 11.9. The van der Waals surface area contributed by atoms with Crippen LogP contribution in [0.5, 0.6) is 0 Å². The van der Waals surface area contributed by atoms with E-state index in [0.29, 0.717) is 30.4 Å². The molecule has 1 rings (SSSR count). The molecule has 0 atom stereocenters. The number of halogens is 2. The largest absolute Gasteiger partial charge is 0.396 e. The van der Waals surface area contributed by atoms with Gasteiger partial charge in [0.2, 0.25) is 0 Å². The molecule has 0 spiro atoms. The maximum atomic E-state index is 13.6. The van der Waals surface area contributed by atoms with Crippen LogP contribution in [0.25, 0.3) is 0 Å². The van der Waals surface area contributed by atoms with Crippen LogP contribution >= 0.6 is 0 Å². The second-order valence-electron chi connectivity index (χ2n) is 5.72. The van der Waals surface area contributed by atoms with Crippen molar-refractivity contribution in [2.75, 3.05) is 12.3 Å². The Hall–Kier alpha value is -1.65. The smallest absolute Gasteiger partial charge is 0.254 e. The highest BCUT2D eigenvalue weighted by molar-refractivity contribution is 5.95. The molecule has 0 unspecified atom stereocenters. The van der Waals surface area contributed by atoms with Gasteiger partial charge < -0.3 is 11.1 Å². The fourth-order valence-electron chi connectivity index (χ4n) is 2.29. The van der Waals surface area contributed by atoms with E-state index in [4.69, 9.17) is 5.73 Å². The summed E-state index contributed by atoms with van der Waals surface area (Å²) in [5, 5.41) is 2.69. The summed E-state index contributed by atoms with van der Waals surface area (Å²) in [6, 6.07) is 1.66. The number of nitrogens with two attached hydrogens (primary N) is 1. The van der Waals surface area contributed by atoms with Gasteiger partial charge in [-0.1, -0.05) is 27.7 Å². The molecule has 1 aromatic carbocycles. The van der Waals surface area contributed by atoms with E-state index in [1.807, 2.05) is 0 Å². The Morgan fingerprint density at radius 2 is 1.70 bits per heavy atom. The molecule has 0 radical (unpaired) electrons. The Morgan fingerprint density at radius 1 is 1.15 bits per heavy atom. The molecule has 5 heteroatoms. The standard InChI is InChI=1S/C15H22F2N2O/c1-8(2)11(9(3)4)7-19-15(20)10-5-14(18)13(17)6-12(10)16/h5-6,8-9,11H,7,18H2,1-4H3,(H,19,20). The Labute approximate surface area is 118 Å². The number of carbonyl (C=O) groups is 1. The van der Waals surface area contributed by atoms with Crippen molar-refractivity contribution in [3.8, 4) is 0 Å². The highest BCUT2D eigenvalue weighted by atomic mass is 19.1. The maximum Gasteiger partial charge on any atom is 0.254 e. The summed E-state index contributed by atoms with van der Waals surface area (Å²) in [6.07, 6.45) is 0. The van der Waals surface area contributed by atoms with Crippen molar-refractivity contribution >= 4 is 11.6 Å². The minimum atomic E-state index is -0.903. The van der Waals surface area contributed by atoms with Crippen molar-refractivity contribution in [1.29, 1.82) is 0 Å². The van der Waals surface area contributed by atoms with Gasteiger partial charge in [0.25, 0.3) is 5.91 Å². The first-order chi connectivity index (χ1) is 9.23. The van der Waals surface area contributed by atoms with Crippen LogP contribution in [-0.2, 0) is 0 Å². The third-order valence-electron chi connectivity index (χ3n) is 3.54. The van der Waals surface area contributed by atoms with E-state index in [1.54, 1.807) is 0 Å². The molecule has 0 saturated carbocycles. The molecule has 1 amide bonds. The fraction of sp³-hybridized carbons (Fsp3) is 0.533. The van der Waals surface area contributed by atoms with Crippen molar-refractivity contribution in [2.45, 2.75) is 27.7 Å². The monoisotopic (exact) mass is 284 g/mol. The topological polar surface area (TPSA) is 55.1 Å². The van der Waals surface area contributed by atoms with Crippen LogP contribution in [0.2, 0.25) is 0 Å². The van der Waals surface area contributed by atoms with Crippen molar-refractivity contribution in [1.82, 2.24) is 5.32 Å². The van der Waals surface area contributed by atoms with Gasteiger partial charge in [-0.2, -0.15) is 0 Å². The minimum Gasteiger partial charge on any atom is -0.396 e. The lowest BCUT2D eigenvalue weighted by atomic mass is 9.85. The zero-order valence-corrected chi connectivity index (χ0v) is 12.3. The Balaban J connectivity index is 2.79. The van der Waals surface area contributed by atoms with E-state index < -0.39 is 17.5 Å². The lowest BCUT2D eigenvalue weighted by Gasteiger charge is -2.25. The number of nitrogens with one attached hydrogen (secondary N) is 1. The number of nitrogen functional groups attached to an aromatic ring is 1. The molecule has 0 bridgehead atoms. The van der Waals surface area contributed by atoms with Crippen LogP contribution in [0, 0.1) is 29.4 Å². The maximum absolute atomic E-state index is 13.6. The fourth-order valence-corrected chi connectivity index (χ4v) is 2.29. The first-order valence-electron chi connectivity index (χ1n) is 6.76. The van der Waals surface area contributed by atoms with E-state index in [0.717, 1.165) is 6.07 Å². The first kappa shape index (κ1) is 16.4. The molecule has 0 aliphatic carbocycles. The average molecular weight is 284 g/mol. The van der Waals surface area contributed by atoms with Crippen LogP contribution < -0.4 is 11.1 Å². The molecule has 1 aromatic rings. The Bertz CT molecular complexity index is 479. The van der Waals surface area contributed by atoms with Gasteiger partial charge in [-0.3, -0.25) is 4.79 Å². The predicted molar refractivity (Wildman–Crippen MR) is 76.3 cm³/mol. The number of amides is 1. The summed E-state index contributed by atoms with van der Waals surface area (Å²) in [5.74, 6) is -1.24. The normalized spacial score (nSPS) is 11.4. The number of carbonyl (C=O) groups excluding carboxylic acids is 1. The van der Waals surface area contributed by atoms with Gasteiger partial charge in [-0.25, -0.2) is 8.78 Å². The molecule has 0 aliphatic rings. The average Bonchev–Trinajstić information content (AvgIpc) is 2.32. The summed E-state index contributed by atoms with van der Waals surface area (Å²) in [7, 11) is 0. The zero-order valence-electron chi connectivity index (χ0n) is 12.3. The number of hydrogen-bond donors (Lipinski definition) is 2. The van der Waals surface area contributed by atoms with E-state index in [9.17, 15) is 13.6 Å². The first-order valence-corrected chi connectivity index (χ1v) is 6.76. The number of hydrogen-bond acceptors (Lipinski definition) is 2. The number of rotatable bonds is 5. The van der Waals surface area contributed by atoms with E-state index in [2.05, 4.69) is 33.0 Å². The molecule has 0 heterocycles. The van der Waals surface area contributed by atoms with E-state index in [1.165, 1.54) is 0 Å². The van der Waals surface area contributed by atoms with Gasteiger partial charge >= 0.3 is 0 Å². The molecule has 20 heavy (non-hydrogen) atoms. The predicted octanol–water partition coefficient (Wildman–Crippen LogP) is 3.21. The van der Waals surface area contributed by atoms with Crippen LogP contribution in [0.4, 0.5) is 14.5 Å². The molecule has 0 aliphatic heterocycles. The molecule has 0 aromatic heterocycles. The lowest BCUT2D eigenvalue weighted by Crippen LogP contribution is -2.34. The SMILES string of the molecule is CC(C)C(CNC(=O)c1cc(N)c(F)cc1F)C(C)C. The van der Waals surface area contributed by atoms with Crippen molar-refractivity contribution in [2.24, 2.45) is 17.8 Å². The van der Waals surface area contributed by atoms with Crippen LogP contribution in [-0.4, -0.2) is 12.5 Å². The molecular weight excluding hydrogens is 262 g/mol. The van der Waals surface area contributed by atoms with Crippen molar-refractivity contribution in [3.05, 3.63) is 29.3 Å². The summed E-state index contributed by atoms with van der Waals surface area (Å²) in [6.45, 7) is 8.76. The third kappa shape index (κ3) is 3.92. The number of anilines is 1. The van der Waals surface area contributed by atoms with E-state index in [-0.39, 0.29) is 11.3 Å². The Morgan fingerprint density at radius 3 is 2.20 bits per heavy atom. The van der Waals surface area contributed by atoms with E-state index >= 15 is 0 Å². The van der Waals surface area contributed by atoms with Gasteiger partial charge in [0.1, 0.15) is 11.6 Å². The Kier molecular flexibility index (Phi) is 5.48. The lowest BCUT2D eigenvalue weighted by molar-refractivity contribution is 0.0933. The third-order valence-corrected chi connectivity index (χ3v) is 3.54. The zero-order chi connectivity index (χ0) is 15.4. The highest BCUT2D eigenvalue weighted by Crippen LogP contribution is 2.20. The van der Waals surface area contributed by atoms with Crippen molar-refractivity contribution < 1.29 is 13.6 Å². The minimum absolute atomic E-state index is 0.227. The van der Waals surface area contributed by atoms with Gasteiger partial charge in [0.15, 0.2) is 0 Å². The summed E-state index contributed by atoms with van der Waals surface area (Å²) < 4.78 is 26.6. The van der Waals surface area contributed by atoms with Crippen LogP contribution in [0.3, 0.4) is 0 Å². The molecular formula is C15H22F2N2O. The second-order valence-corrected chi connectivity index (χ2v) is 5.72. The highest BCUT2D eigenvalue weighted by Gasteiger charge is 2.20. The van der Waals surface area contributed by atoms with Gasteiger partial charge in [-0.05, 0) is 23.8 Å². The summed E-state index contributed by atoms with van der Waals surface area (Å²) in [5.41, 5.74) is 4.90. The second kappa shape index (κ2) is 6.68. The van der Waals surface area contributed by atoms with Crippen molar-refractivity contribution in [3.63, 3.8) is 0 Å². The van der Waals surface area contributed by atoms with Gasteiger partial charge in [-0.15, -0.1) is 0 Å². The van der Waals surface area contributed by atoms with Crippen LogP contribution in [0.1, 0.15) is 38.1 Å².